The average Bonchev–Trinajstić information content (AvgIpc) is 2.78. The Morgan fingerprint density at radius 1 is 0.906 bits per heavy atom. The first kappa shape index (κ1) is 23.7. The second-order valence-electron chi connectivity index (χ2n) is 7.01. The van der Waals surface area contributed by atoms with Crippen LogP contribution in [0.3, 0.4) is 0 Å². The molecule has 0 aromatic heterocycles. The molecule has 0 saturated carbocycles. The fraction of sp³-hybridized carbons (Fsp3) is 0.250. The third kappa shape index (κ3) is 6.75. The van der Waals surface area contributed by atoms with Crippen molar-refractivity contribution in [2.45, 2.75) is 24.1 Å². The van der Waals surface area contributed by atoms with Gasteiger partial charge in [-0.25, -0.2) is 0 Å². The minimum absolute atomic E-state index is 0.140. The number of rotatable bonds is 9. The fourth-order valence-electron chi connectivity index (χ4n) is 2.80. The van der Waals surface area contributed by atoms with E-state index in [1.807, 2.05) is 19.1 Å². The number of aromatic hydroxyl groups is 1. The number of hydrogen-bond acceptors (Lipinski definition) is 5. The van der Waals surface area contributed by atoms with Crippen molar-refractivity contribution in [3.63, 3.8) is 0 Å². The van der Waals surface area contributed by atoms with Crippen molar-refractivity contribution in [1.82, 2.24) is 0 Å². The maximum atomic E-state index is 12.8. The monoisotopic (exact) mass is 464 g/mol. The molecular weight excluding hydrogens is 441 g/mol. The van der Waals surface area contributed by atoms with Crippen LogP contribution in [0.2, 0.25) is 0 Å². The van der Waals surface area contributed by atoms with Crippen molar-refractivity contribution >= 4 is 11.8 Å². The highest BCUT2D eigenvalue weighted by molar-refractivity contribution is 7.99. The van der Waals surface area contributed by atoms with Gasteiger partial charge in [0.15, 0.2) is 0 Å². The molecule has 0 spiro atoms. The van der Waals surface area contributed by atoms with Crippen LogP contribution in [0, 0.1) is 6.92 Å². The number of aryl methyl sites for hydroxylation is 1. The number of halogens is 3. The molecule has 0 aliphatic heterocycles. The predicted molar refractivity (Wildman–Crippen MR) is 118 cm³/mol. The third-order valence-corrected chi connectivity index (χ3v) is 5.71. The number of phenolic OH excluding ortho intramolecular Hbond substituents is 1. The number of hydrogen-bond donors (Lipinski definition) is 1. The van der Waals surface area contributed by atoms with E-state index in [1.54, 1.807) is 37.4 Å². The van der Waals surface area contributed by atoms with E-state index in [-0.39, 0.29) is 18.5 Å². The van der Waals surface area contributed by atoms with Crippen molar-refractivity contribution < 1.29 is 32.5 Å². The Morgan fingerprint density at radius 3 is 2.12 bits per heavy atom. The van der Waals surface area contributed by atoms with Gasteiger partial charge in [0, 0.05) is 10.6 Å². The van der Waals surface area contributed by atoms with Crippen LogP contribution in [-0.4, -0.2) is 30.7 Å². The third-order valence-electron chi connectivity index (χ3n) is 4.58. The highest BCUT2D eigenvalue weighted by Gasteiger charge is 2.30. The molecule has 0 fully saturated rings. The van der Waals surface area contributed by atoms with E-state index in [2.05, 4.69) is 0 Å². The Balaban J connectivity index is 1.67. The molecule has 0 radical (unpaired) electrons. The topological polar surface area (TPSA) is 47.9 Å². The van der Waals surface area contributed by atoms with Gasteiger partial charge in [-0.15, -0.1) is 11.8 Å². The average molecular weight is 465 g/mol. The minimum atomic E-state index is -4.39. The summed E-state index contributed by atoms with van der Waals surface area (Å²) in [5.74, 6) is 2.40. The van der Waals surface area contributed by atoms with Gasteiger partial charge in [0.25, 0.3) is 0 Å². The van der Waals surface area contributed by atoms with Crippen LogP contribution in [0.4, 0.5) is 13.2 Å². The van der Waals surface area contributed by atoms with Crippen molar-refractivity contribution in [2.75, 3.05) is 19.5 Å². The van der Waals surface area contributed by atoms with Gasteiger partial charge in [0.05, 0.1) is 12.7 Å². The lowest BCUT2D eigenvalue weighted by Crippen LogP contribution is -2.27. The van der Waals surface area contributed by atoms with Crippen LogP contribution >= 0.6 is 11.8 Å². The van der Waals surface area contributed by atoms with E-state index in [0.717, 1.165) is 22.6 Å². The lowest BCUT2D eigenvalue weighted by Gasteiger charge is -2.20. The molecule has 0 amide bonds. The van der Waals surface area contributed by atoms with Gasteiger partial charge in [0.2, 0.25) is 0 Å². The van der Waals surface area contributed by atoms with Gasteiger partial charge in [-0.2, -0.15) is 13.2 Å². The summed E-state index contributed by atoms with van der Waals surface area (Å²) in [6.45, 7) is 1.96. The molecule has 8 heteroatoms. The van der Waals surface area contributed by atoms with E-state index in [0.29, 0.717) is 23.0 Å². The summed E-state index contributed by atoms with van der Waals surface area (Å²) in [7, 11) is 1.58. The number of phenols is 1. The minimum Gasteiger partial charge on any atom is -0.508 e. The summed E-state index contributed by atoms with van der Waals surface area (Å²) in [4.78, 5) is 0.957. The highest BCUT2D eigenvalue weighted by Crippen LogP contribution is 2.31. The van der Waals surface area contributed by atoms with Crippen LogP contribution < -0.4 is 14.2 Å². The van der Waals surface area contributed by atoms with Gasteiger partial charge in [-0.3, -0.25) is 0 Å². The summed E-state index contributed by atoms with van der Waals surface area (Å²) >= 11 is 1.53. The summed E-state index contributed by atoms with van der Waals surface area (Å²) < 4.78 is 55.2. The quantitative estimate of drug-likeness (QED) is 0.374. The van der Waals surface area contributed by atoms with E-state index in [4.69, 9.17) is 14.2 Å². The molecule has 1 N–H and O–H groups in total. The Bertz CT molecular complexity index is 1010. The molecular formula is C24H23F3O4S. The summed E-state index contributed by atoms with van der Waals surface area (Å²) in [6.07, 6.45) is -4.78. The van der Waals surface area contributed by atoms with Crippen LogP contribution in [-0.2, 0) is 6.18 Å². The number of alkyl halides is 3. The zero-order valence-electron chi connectivity index (χ0n) is 17.6. The summed E-state index contributed by atoms with van der Waals surface area (Å²) in [5.41, 5.74) is 0.0396. The lowest BCUT2D eigenvalue weighted by atomic mass is 10.2. The maximum Gasteiger partial charge on any atom is 0.416 e. The number of ether oxygens (including phenoxy) is 3. The van der Waals surface area contributed by atoms with Crippen LogP contribution in [0.1, 0.15) is 11.1 Å². The second-order valence-corrected chi connectivity index (χ2v) is 8.10. The first-order valence-electron chi connectivity index (χ1n) is 9.78. The Hall–Kier alpha value is -3.00. The normalized spacial score (nSPS) is 12.3. The van der Waals surface area contributed by atoms with E-state index in [9.17, 15) is 18.3 Å². The number of methoxy groups -OCH3 is 1. The standard InChI is InChI=1S/C24H23F3O4S/c1-16-13-22(11-12-23(16)28)32-15-21(31-20-9-7-18(29-2)8-10-20)14-30-19-5-3-17(4-6-19)24(25,26)27/h3-13,21,28H,14-15H2,1-2H3. The molecule has 3 aromatic rings. The van der Waals surface area contributed by atoms with Crippen molar-refractivity contribution in [3.05, 3.63) is 77.9 Å². The van der Waals surface area contributed by atoms with Crippen molar-refractivity contribution in [3.8, 4) is 23.0 Å². The molecule has 32 heavy (non-hydrogen) atoms. The Morgan fingerprint density at radius 2 is 1.53 bits per heavy atom. The molecule has 1 unspecified atom stereocenters. The van der Waals surface area contributed by atoms with Gasteiger partial charge in [0.1, 0.15) is 35.7 Å². The first-order valence-corrected chi connectivity index (χ1v) is 10.8. The van der Waals surface area contributed by atoms with Gasteiger partial charge in [-0.1, -0.05) is 0 Å². The van der Waals surface area contributed by atoms with Crippen LogP contribution in [0.15, 0.2) is 71.6 Å². The lowest BCUT2D eigenvalue weighted by molar-refractivity contribution is -0.137. The van der Waals surface area contributed by atoms with Crippen LogP contribution in [0.25, 0.3) is 0 Å². The SMILES string of the molecule is COc1ccc(OC(COc2ccc(C(F)(F)F)cc2)CSc2ccc(O)c(C)c2)cc1. The van der Waals surface area contributed by atoms with Gasteiger partial charge >= 0.3 is 6.18 Å². The molecule has 0 saturated heterocycles. The molecule has 0 aliphatic rings. The van der Waals surface area contributed by atoms with Crippen molar-refractivity contribution in [1.29, 1.82) is 0 Å². The van der Waals surface area contributed by atoms with E-state index >= 15 is 0 Å². The maximum absolute atomic E-state index is 12.8. The fourth-order valence-corrected chi connectivity index (χ4v) is 3.77. The number of thioether (sulfide) groups is 1. The molecule has 3 aromatic carbocycles. The number of benzene rings is 3. The zero-order chi connectivity index (χ0) is 23.1. The second kappa shape index (κ2) is 10.5. The predicted octanol–water partition coefficient (Wildman–Crippen LogP) is 6.35. The Labute approximate surface area is 188 Å². The highest BCUT2D eigenvalue weighted by atomic mass is 32.2. The molecule has 0 bridgehead atoms. The first-order chi connectivity index (χ1) is 15.2. The van der Waals surface area contributed by atoms with Crippen LogP contribution in [0.5, 0.6) is 23.0 Å². The molecule has 1 atom stereocenters. The summed E-state index contributed by atoms with van der Waals surface area (Å²) in [5, 5.41) is 9.70. The molecule has 3 rings (SSSR count). The van der Waals surface area contributed by atoms with E-state index in [1.165, 1.54) is 23.9 Å². The van der Waals surface area contributed by atoms with Gasteiger partial charge in [-0.05, 0) is 79.2 Å². The summed E-state index contributed by atoms with van der Waals surface area (Å²) in [6, 6.07) is 17.0. The molecule has 4 nitrogen and oxygen atoms in total. The molecule has 0 aliphatic carbocycles. The van der Waals surface area contributed by atoms with Crippen molar-refractivity contribution in [2.24, 2.45) is 0 Å². The molecule has 0 heterocycles. The Kier molecular flexibility index (Phi) is 7.80. The largest absolute Gasteiger partial charge is 0.508 e. The zero-order valence-corrected chi connectivity index (χ0v) is 18.4. The van der Waals surface area contributed by atoms with E-state index < -0.39 is 11.7 Å². The smallest absolute Gasteiger partial charge is 0.416 e. The van der Waals surface area contributed by atoms with Gasteiger partial charge < -0.3 is 19.3 Å². The molecule has 170 valence electrons.